The third-order valence-corrected chi connectivity index (χ3v) is 6.89. The number of benzene rings is 1. The molecular formula is C20H19Cl2NO4S2. The standard InChI is InChI=1S/C20H19Cl2NO4S2/c1-20(2)11(9-15(21)22)16(20)18(25)27-12-6-5-10(7-13(12)26-4)8-14-17(24)23(3)19(28)29-14/h5-9,11,16H,1-4H3/b14-8-/t11-,16+/m1/s1. The van der Waals surface area contributed by atoms with Crippen molar-refractivity contribution >= 4 is 69.5 Å². The Kier molecular flexibility index (Phi) is 6.34. The molecule has 154 valence electrons. The van der Waals surface area contributed by atoms with E-state index >= 15 is 0 Å². The summed E-state index contributed by atoms with van der Waals surface area (Å²) in [4.78, 5) is 26.8. The van der Waals surface area contributed by atoms with E-state index < -0.39 is 0 Å². The molecular weight excluding hydrogens is 453 g/mol. The highest BCUT2D eigenvalue weighted by Gasteiger charge is 2.61. The molecule has 1 amide bonds. The number of halogens is 2. The van der Waals surface area contributed by atoms with Crippen LogP contribution in [-0.2, 0) is 9.59 Å². The second kappa shape index (κ2) is 8.30. The number of amides is 1. The van der Waals surface area contributed by atoms with Crippen molar-refractivity contribution in [3.8, 4) is 11.5 Å². The Morgan fingerprint density at radius 1 is 1.31 bits per heavy atom. The van der Waals surface area contributed by atoms with Gasteiger partial charge < -0.3 is 9.47 Å². The smallest absolute Gasteiger partial charge is 0.315 e. The molecule has 1 saturated heterocycles. The number of nitrogens with zero attached hydrogens (tertiary/aromatic N) is 1. The summed E-state index contributed by atoms with van der Waals surface area (Å²) in [6, 6.07) is 5.10. The minimum absolute atomic E-state index is 0.0822. The summed E-state index contributed by atoms with van der Waals surface area (Å²) in [5.41, 5.74) is 0.450. The zero-order valence-electron chi connectivity index (χ0n) is 16.2. The molecule has 0 radical (unpaired) electrons. The number of hydrogen-bond acceptors (Lipinski definition) is 6. The van der Waals surface area contributed by atoms with Gasteiger partial charge >= 0.3 is 5.97 Å². The largest absolute Gasteiger partial charge is 0.493 e. The monoisotopic (exact) mass is 471 g/mol. The van der Waals surface area contributed by atoms with Crippen molar-refractivity contribution in [1.29, 1.82) is 0 Å². The minimum Gasteiger partial charge on any atom is -0.493 e. The maximum absolute atomic E-state index is 12.7. The predicted molar refractivity (Wildman–Crippen MR) is 120 cm³/mol. The van der Waals surface area contributed by atoms with E-state index in [4.69, 9.17) is 44.9 Å². The summed E-state index contributed by atoms with van der Waals surface area (Å²) in [5, 5.41) is 0. The van der Waals surface area contributed by atoms with Crippen LogP contribution in [0.2, 0.25) is 0 Å². The number of carbonyl (C=O) groups excluding carboxylic acids is 2. The van der Waals surface area contributed by atoms with E-state index in [9.17, 15) is 9.59 Å². The van der Waals surface area contributed by atoms with Crippen LogP contribution in [-0.4, -0.2) is 35.3 Å². The number of thiocarbonyl (C=S) groups is 1. The van der Waals surface area contributed by atoms with Gasteiger partial charge in [-0.3, -0.25) is 14.5 Å². The van der Waals surface area contributed by atoms with Gasteiger partial charge in [-0.2, -0.15) is 0 Å². The minimum atomic E-state index is -0.372. The molecule has 9 heteroatoms. The topological polar surface area (TPSA) is 55.8 Å². The molecule has 1 aromatic rings. The van der Waals surface area contributed by atoms with Crippen LogP contribution in [0, 0.1) is 17.3 Å². The van der Waals surface area contributed by atoms with Crippen molar-refractivity contribution in [3.05, 3.63) is 39.2 Å². The summed E-state index contributed by atoms with van der Waals surface area (Å²) in [6.07, 6.45) is 3.39. The normalized spacial score (nSPS) is 23.9. The zero-order valence-corrected chi connectivity index (χ0v) is 19.3. The molecule has 2 aliphatic rings. The van der Waals surface area contributed by atoms with Gasteiger partial charge in [0, 0.05) is 7.05 Å². The van der Waals surface area contributed by atoms with E-state index in [2.05, 4.69) is 0 Å². The second-order valence-corrected chi connectivity index (χ2v) is 10.0. The lowest BCUT2D eigenvalue weighted by Crippen LogP contribution is -2.22. The van der Waals surface area contributed by atoms with Crippen molar-refractivity contribution in [2.45, 2.75) is 13.8 Å². The van der Waals surface area contributed by atoms with Crippen LogP contribution in [0.15, 0.2) is 33.7 Å². The number of methoxy groups -OCH3 is 1. The van der Waals surface area contributed by atoms with Crippen molar-refractivity contribution in [3.63, 3.8) is 0 Å². The van der Waals surface area contributed by atoms with Crippen LogP contribution in [0.25, 0.3) is 6.08 Å². The van der Waals surface area contributed by atoms with Crippen LogP contribution in [0.5, 0.6) is 11.5 Å². The third kappa shape index (κ3) is 4.48. The van der Waals surface area contributed by atoms with E-state index in [1.807, 2.05) is 13.8 Å². The zero-order chi connectivity index (χ0) is 21.5. The Balaban J connectivity index is 1.78. The average molecular weight is 472 g/mol. The first-order chi connectivity index (χ1) is 13.6. The molecule has 2 fully saturated rings. The van der Waals surface area contributed by atoms with Crippen LogP contribution in [0.1, 0.15) is 19.4 Å². The average Bonchev–Trinajstić information content (AvgIpc) is 3.10. The van der Waals surface area contributed by atoms with E-state index in [0.29, 0.717) is 20.7 Å². The first-order valence-corrected chi connectivity index (χ1v) is 10.7. The van der Waals surface area contributed by atoms with Crippen LogP contribution < -0.4 is 9.47 Å². The van der Waals surface area contributed by atoms with Crippen LogP contribution in [0.4, 0.5) is 0 Å². The molecule has 3 rings (SSSR count). The summed E-state index contributed by atoms with van der Waals surface area (Å²) in [6.45, 7) is 3.92. The molecule has 0 N–H and O–H groups in total. The van der Waals surface area contributed by atoms with Crippen molar-refractivity contribution in [1.82, 2.24) is 4.90 Å². The Morgan fingerprint density at radius 2 is 2.00 bits per heavy atom. The molecule has 29 heavy (non-hydrogen) atoms. The van der Waals surface area contributed by atoms with Crippen molar-refractivity contribution in [2.24, 2.45) is 17.3 Å². The van der Waals surface area contributed by atoms with Gasteiger partial charge in [-0.15, -0.1) is 0 Å². The highest BCUT2D eigenvalue weighted by molar-refractivity contribution is 8.26. The SMILES string of the molecule is COc1cc(/C=C2\SC(=S)N(C)C2=O)ccc1OC(=O)[C@@H]1[C@@H](C=C(Cl)Cl)C1(C)C. The van der Waals surface area contributed by atoms with Crippen molar-refractivity contribution < 1.29 is 19.1 Å². The molecule has 1 saturated carbocycles. The molecule has 2 atom stereocenters. The molecule has 0 aromatic heterocycles. The van der Waals surface area contributed by atoms with Gasteiger partial charge in [0.1, 0.15) is 8.81 Å². The van der Waals surface area contributed by atoms with Crippen LogP contribution in [0.3, 0.4) is 0 Å². The van der Waals surface area contributed by atoms with Gasteiger partial charge in [0.2, 0.25) is 0 Å². The van der Waals surface area contributed by atoms with E-state index in [-0.39, 0.29) is 33.6 Å². The Bertz CT molecular complexity index is 954. The Labute approximate surface area is 189 Å². The molecule has 0 bridgehead atoms. The first-order valence-electron chi connectivity index (χ1n) is 8.70. The predicted octanol–water partition coefficient (Wildman–Crippen LogP) is 5.02. The van der Waals surface area contributed by atoms with E-state index in [1.165, 1.54) is 23.8 Å². The van der Waals surface area contributed by atoms with Crippen molar-refractivity contribution in [2.75, 3.05) is 14.2 Å². The maximum Gasteiger partial charge on any atom is 0.315 e. The fourth-order valence-electron chi connectivity index (χ4n) is 3.30. The lowest BCUT2D eigenvalue weighted by atomic mass is 10.1. The molecule has 1 aromatic carbocycles. The molecule has 1 aliphatic carbocycles. The number of allylic oxidation sites excluding steroid dienone is 1. The van der Waals surface area contributed by atoms with Crippen LogP contribution >= 0.6 is 47.2 Å². The van der Waals surface area contributed by atoms with Gasteiger partial charge in [0.15, 0.2) is 11.5 Å². The molecule has 1 aliphatic heterocycles. The van der Waals surface area contributed by atoms with Gasteiger partial charge in [0.05, 0.1) is 17.9 Å². The highest BCUT2D eigenvalue weighted by Crippen LogP contribution is 2.60. The molecule has 0 unspecified atom stereocenters. The Morgan fingerprint density at radius 3 is 2.55 bits per heavy atom. The summed E-state index contributed by atoms with van der Waals surface area (Å²) in [7, 11) is 3.13. The van der Waals surface area contributed by atoms with Gasteiger partial charge in [0.25, 0.3) is 5.91 Å². The van der Waals surface area contributed by atoms with Gasteiger partial charge in [-0.25, -0.2) is 0 Å². The highest BCUT2D eigenvalue weighted by atomic mass is 35.5. The number of hydrogen-bond donors (Lipinski definition) is 0. The van der Waals surface area contributed by atoms with Gasteiger partial charge in [-0.05, 0) is 41.2 Å². The summed E-state index contributed by atoms with van der Waals surface area (Å²) in [5.74, 6) is -0.252. The number of ether oxygens (including phenoxy) is 2. The fourth-order valence-corrected chi connectivity index (χ4v) is 4.75. The number of esters is 1. The summed E-state index contributed by atoms with van der Waals surface area (Å²) < 4.78 is 11.6. The fraction of sp³-hybridized carbons (Fsp3) is 0.350. The number of carbonyl (C=O) groups is 2. The number of rotatable bonds is 5. The number of likely N-dealkylation sites (N-methyl/N-ethyl adjacent to an activating group) is 1. The summed E-state index contributed by atoms with van der Waals surface area (Å²) >= 11 is 17.9. The van der Waals surface area contributed by atoms with Gasteiger partial charge in [-0.1, -0.05) is 67.1 Å². The maximum atomic E-state index is 12.7. The first kappa shape index (κ1) is 22.2. The lowest BCUT2D eigenvalue weighted by Gasteiger charge is -2.11. The molecule has 1 heterocycles. The van der Waals surface area contributed by atoms with E-state index in [1.54, 1.807) is 37.4 Å². The quantitative estimate of drug-likeness (QED) is 0.260. The van der Waals surface area contributed by atoms with E-state index in [0.717, 1.165) is 5.56 Å². The second-order valence-electron chi connectivity index (χ2n) is 7.35. The number of thioether (sulfide) groups is 1. The Hall–Kier alpha value is -1.54. The third-order valence-electron chi connectivity index (χ3n) is 5.15. The molecule has 0 spiro atoms. The molecule has 5 nitrogen and oxygen atoms in total. The lowest BCUT2D eigenvalue weighted by molar-refractivity contribution is -0.136.